The first kappa shape index (κ1) is 14.3. The monoisotopic (exact) mass is 305 g/mol. The summed E-state index contributed by atoms with van der Waals surface area (Å²) in [6.45, 7) is 5.51. The van der Waals surface area contributed by atoms with Crippen LogP contribution >= 0.6 is 11.3 Å². The van der Waals surface area contributed by atoms with Crippen LogP contribution in [0.3, 0.4) is 0 Å². The van der Waals surface area contributed by atoms with E-state index in [-0.39, 0.29) is 17.7 Å². The molecule has 1 atom stereocenters. The number of aromatic nitrogens is 2. The van der Waals surface area contributed by atoms with Gasteiger partial charge in [-0.1, -0.05) is 25.1 Å². The SMILES string of the molecule is CC(C)c1noc([C@H]2CC(=O)N(CCc3cccs3)C2)n1. The van der Waals surface area contributed by atoms with E-state index < -0.39 is 0 Å². The largest absolute Gasteiger partial charge is 0.342 e. The molecule has 2 aromatic rings. The third-order valence-corrected chi connectivity index (χ3v) is 4.68. The Labute approximate surface area is 128 Å². The van der Waals surface area contributed by atoms with Crippen LogP contribution in [0.5, 0.6) is 0 Å². The summed E-state index contributed by atoms with van der Waals surface area (Å²) in [4.78, 5) is 19.7. The van der Waals surface area contributed by atoms with E-state index in [4.69, 9.17) is 4.52 Å². The van der Waals surface area contributed by atoms with Gasteiger partial charge in [-0.25, -0.2) is 0 Å². The molecular weight excluding hydrogens is 286 g/mol. The van der Waals surface area contributed by atoms with Gasteiger partial charge < -0.3 is 9.42 Å². The summed E-state index contributed by atoms with van der Waals surface area (Å²) in [6, 6.07) is 4.15. The van der Waals surface area contributed by atoms with Crippen LogP contribution in [-0.4, -0.2) is 34.0 Å². The predicted octanol–water partition coefficient (Wildman–Crippen LogP) is 2.81. The molecule has 0 aliphatic carbocycles. The number of carbonyl (C=O) groups excluding carboxylic acids is 1. The maximum atomic E-state index is 12.1. The second-order valence-electron chi connectivity index (χ2n) is 5.72. The fraction of sp³-hybridized carbons (Fsp3) is 0.533. The molecule has 112 valence electrons. The van der Waals surface area contributed by atoms with Crippen molar-refractivity contribution in [1.82, 2.24) is 15.0 Å². The molecule has 2 aromatic heterocycles. The van der Waals surface area contributed by atoms with Gasteiger partial charge in [0, 0.05) is 30.3 Å². The van der Waals surface area contributed by atoms with Crippen LogP contribution in [0.4, 0.5) is 0 Å². The van der Waals surface area contributed by atoms with Crippen molar-refractivity contribution in [1.29, 1.82) is 0 Å². The van der Waals surface area contributed by atoms with Crippen molar-refractivity contribution >= 4 is 17.2 Å². The number of thiophene rings is 1. The molecule has 1 aliphatic rings. The van der Waals surface area contributed by atoms with Crippen LogP contribution in [0.25, 0.3) is 0 Å². The molecule has 1 fully saturated rings. The second-order valence-corrected chi connectivity index (χ2v) is 6.75. The first-order valence-corrected chi connectivity index (χ1v) is 8.15. The Kier molecular flexibility index (Phi) is 4.05. The molecule has 1 amide bonds. The minimum absolute atomic E-state index is 0.0424. The van der Waals surface area contributed by atoms with E-state index in [9.17, 15) is 4.79 Å². The number of hydrogen-bond donors (Lipinski definition) is 0. The van der Waals surface area contributed by atoms with E-state index >= 15 is 0 Å². The molecule has 0 radical (unpaired) electrons. The summed E-state index contributed by atoms with van der Waals surface area (Å²) in [7, 11) is 0. The summed E-state index contributed by atoms with van der Waals surface area (Å²) < 4.78 is 5.32. The van der Waals surface area contributed by atoms with Crippen molar-refractivity contribution in [2.45, 2.75) is 38.5 Å². The lowest BCUT2D eigenvalue weighted by Crippen LogP contribution is -2.27. The van der Waals surface area contributed by atoms with Crippen molar-refractivity contribution in [2.24, 2.45) is 0 Å². The highest BCUT2D eigenvalue weighted by molar-refractivity contribution is 7.09. The summed E-state index contributed by atoms with van der Waals surface area (Å²) in [5.74, 6) is 1.79. The smallest absolute Gasteiger partial charge is 0.232 e. The van der Waals surface area contributed by atoms with Gasteiger partial charge in [-0.15, -0.1) is 11.3 Å². The average molecular weight is 305 g/mol. The Hall–Kier alpha value is -1.69. The second kappa shape index (κ2) is 5.97. The Balaban J connectivity index is 1.61. The summed E-state index contributed by atoms with van der Waals surface area (Å²) in [6.07, 6.45) is 1.39. The highest BCUT2D eigenvalue weighted by Gasteiger charge is 2.34. The predicted molar refractivity (Wildman–Crippen MR) is 80.3 cm³/mol. The summed E-state index contributed by atoms with van der Waals surface area (Å²) >= 11 is 1.73. The minimum atomic E-state index is 0.0424. The van der Waals surface area contributed by atoms with Gasteiger partial charge in [-0.2, -0.15) is 4.98 Å². The number of amides is 1. The van der Waals surface area contributed by atoms with Gasteiger partial charge in [0.05, 0.1) is 5.92 Å². The van der Waals surface area contributed by atoms with Crippen molar-refractivity contribution in [3.63, 3.8) is 0 Å². The van der Waals surface area contributed by atoms with Gasteiger partial charge in [0.2, 0.25) is 11.8 Å². The van der Waals surface area contributed by atoms with Crippen molar-refractivity contribution in [2.75, 3.05) is 13.1 Å². The molecule has 3 heterocycles. The van der Waals surface area contributed by atoms with E-state index in [2.05, 4.69) is 21.6 Å². The Morgan fingerprint density at radius 2 is 2.38 bits per heavy atom. The van der Waals surface area contributed by atoms with Crippen molar-refractivity contribution in [3.8, 4) is 0 Å². The highest BCUT2D eigenvalue weighted by atomic mass is 32.1. The molecule has 0 N–H and O–H groups in total. The zero-order valence-electron chi connectivity index (χ0n) is 12.3. The molecule has 0 saturated carbocycles. The van der Waals surface area contributed by atoms with Crippen LogP contribution in [-0.2, 0) is 11.2 Å². The van der Waals surface area contributed by atoms with Crippen LogP contribution in [0.2, 0.25) is 0 Å². The van der Waals surface area contributed by atoms with Gasteiger partial charge in [0.1, 0.15) is 0 Å². The van der Waals surface area contributed by atoms with Gasteiger partial charge >= 0.3 is 0 Å². The summed E-state index contributed by atoms with van der Waals surface area (Å²) in [5, 5.41) is 6.05. The van der Waals surface area contributed by atoms with Crippen molar-refractivity contribution in [3.05, 3.63) is 34.1 Å². The van der Waals surface area contributed by atoms with Crippen LogP contribution in [0.15, 0.2) is 22.0 Å². The third kappa shape index (κ3) is 3.15. The van der Waals surface area contributed by atoms with E-state index in [1.54, 1.807) is 11.3 Å². The molecule has 0 unspecified atom stereocenters. The quantitative estimate of drug-likeness (QED) is 0.852. The first-order chi connectivity index (χ1) is 10.1. The first-order valence-electron chi connectivity index (χ1n) is 7.27. The fourth-order valence-corrected chi connectivity index (χ4v) is 3.20. The van der Waals surface area contributed by atoms with E-state index in [0.29, 0.717) is 18.9 Å². The standard InChI is InChI=1S/C15H19N3O2S/c1-10(2)14-16-15(20-17-14)11-8-13(19)18(9-11)6-5-12-4-3-7-21-12/h3-4,7,10-11H,5-6,8-9H2,1-2H3/t11-/m0/s1. The Morgan fingerprint density at radius 1 is 1.52 bits per heavy atom. The highest BCUT2D eigenvalue weighted by Crippen LogP contribution is 2.28. The van der Waals surface area contributed by atoms with Crippen LogP contribution in [0, 0.1) is 0 Å². The van der Waals surface area contributed by atoms with E-state index in [0.717, 1.165) is 18.8 Å². The van der Waals surface area contributed by atoms with Gasteiger partial charge in [0.15, 0.2) is 5.82 Å². The number of nitrogens with zero attached hydrogens (tertiary/aromatic N) is 3. The average Bonchev–Trinajstić information content (AvgIpc) is 3.17. The number of rotatable bonds is 5. The zero-order chi connectivity index (χ0) is 14.8. The van der Waals surface area contributed by atoms with E-state index in [1.807, 2.05) is 24.8 Å². The molecule has 5 nitrogen and oxygen atoms in total. The summed E-state index contributed by atoms with van der Waals surface area (Å²) in [5.41, 5.74) is 0. The molecule has 0 bridgehead atoms. The van der Waals surface area contributed by atoms with Gasteiger partial charge in [-0.05, 0) is 17.9 Å². The molecule has 21 heavy (non-hydrogen) atoms. The lowest BCUT2D eigenvalue weighted by Gasteiger charge is -2.15. The normalized spacial score (nSPS) is 18.9. The minimum Gasteiger partial charge on any atom is -0.342 e. The molecule has 0 spiro atoms. The zero-order valence-corrected chi connectivity index (χ0v) is 13.1. The van der Waals surface area contributed by atoms with E-state index in [1.165, 1.54) is 4.88 Å². The lowest BCUT2D eigenvalue weighted by molar-refractivity contribution is -0.127. The molecule has 1 aliphatic heterocycles. The van der Waals surface area contributed by atoms with Gasteiger partial charge in [-0.3, -0.25) is 4.79 Å². The maximum Gasteiger partial charge on any atom is 0.232 e. The number of carbonyl (C=O) groups is 1. The third-order valence-electron chi connectivity index (χ3n) is 3.75. The van der Waals surface area contributed by atoms with Crippen LogP contribution < -0.4 is 0 Å². The number of likely N-dealkylation sites (tertiary alicyclic amines) is 1. The Morgan fingerprint density at radius 3 is 3.05 bits per heavy atom. The number of hydrogen-bond acceptors (Lipinski definition) is 5. The lowest BCUT2D eigenvalue weighted by atomic mass is 10.1. The molecule has 6 heteroatoms. The van der Waals surface area contributed by atoms with Crippen molar-refractivity contribution < 1.29 is 9.32 Å². The fourth-order valence-electron chi connectivity index (χ4n) is 2.50. The maximum absolute atomic E-state index is 12.1. The molecule has 1 saturated heterocycles. The molecule has 0 aromatic carbocycles. The van der Waals surface area contributed by atoms with Crippen LogP contribution in [0.1, 0.15) is 48.7 Å². The Bertz CT molecular complexity index is 606. The molecular formula is C15H19N3O2S. The topological polar surface area (TPSA) is 59.2 Å². The molecule has 3 rings (SSSR count). The van der Waals surface area contributed by atoms with Gasteiger partial charge in [0.25, 0.3) is 0 Å².